The predicted molar refractivity (Wildman–Crippen MR) is 96.0 cm³/mol. The highest BCUT2D eigenvalue weighted by Crippen LogP contribution is 2.25. The van der Waals surface area contributed by atoms with Gasteiger partial charge < -0.3 is 14.5 Å². The smallest absolute Gasteiger partial charge is 0.257 e. The molecule has 0 saturated heterocycles. The number of oxazole rings is 1. The average Bonchev–Trinajstić information content (AvgIpc) is 2.97. The zero-order valence-electron chi connectivity index (χ0n) is 12.9. The van der Waals surface area contributed by atoms with Gasteiger partial charge in [-0.25, -0.2) is 4.98 Å². The minimum absolute atomic E-state index is 0.135. The Morgan fingerprint density at radius 1 is 1.29 bits per heavy atom. The van der Waals surface area contributed by atoms with Gasteiger partial charge >= 0.3 is 0 Å². The quantitative estimate of drug-likeness (QED) is 0.648. The van der Waals surface area contributed by atoms with Crippen molar-refractivity contribution >= 4 is 46.1 Å². The van der Waals surface area contributed by atoms with Crippen molar-refractivity contribution in [2.45, 2.75) is 12.1 Å². The van der Waals surface area contributed by atoms with Crippen LogP contribution in [0.4, 0.5) is 5.69 Å². The SMILES string of the molecule is CCOc1ccc(NC(=O)CSc2nc3ccc(Cl)cc3o2)cc1. The van der Waals surface area contributed by atoms with Crippen molar-refractivity contribution in [2.75, 3.05) is 17.7 Å². The fraction of sp³-hybridized carbons (Fsp3) is 0.176. The van der Waals surface area contributed by atoms with Crippen LogP contribution in [0.2, 0.25) is 5.02 Å². The summed E-state index contributed by atoms with van der Waals surface area (Å²) >= 11 is 7.14. The number of anilines is 1. The van der Waals surface area contributed by atoms with Crippen LogP contribution in [0, 0.1) is 0 Å². The molecule has 7 heteroatoms. The number of hydrogen-bond acceptors (Lipinski definition) is 5. The highest BCUT2D eigenvalue weighted by Gasteiger charge is 2.10. The van der Waals surface area contributed by atoms with Gasteiger partial charge in [-0.05, 0) is 43.3 Å². The Labute approximate surface area is 148 Å². The summed E-state index contributed by atoms with van der Waals surface area (Å²) < 4.78 is 10.9. The second-order valence-electron chi connectivity index (χ2n) is 4.89. The van der Waals surface area contributed by atoms with E-state index in [4.69, 9.17) is 20.8 Å². The minimum Gasteiger partial charge on any atom is -0.494 e. The fourth-order valence-corrected chi connectivity index (χ4v) is 2.87. The summed E-state index contributed by atoms with van der Waals surface area (Å²) in [4.78, 5) is 16.3. The number of nitrogens with one attached hydrogen (secondary N) is 1. The van der Waals surface area contributed by atoms with E-state index < -0.39 is 0 Å². The van der Waals surface area contributed by atoms with E-state index in [1.807, 2.05) is 19.1 Å². The monoisotopic (exact) mass is 362 g/mol. The van der Waals surface area contributed by atoms with Crippen molar-refractivity contribution < 1.29 is 13.9 Å². The van der Waals surface area contributed by atoms with Gasteiger partial charge in [0.15, 0.2) is 5.58 Å². The zero-order chi connectivity index (χ0) is 16.9. The molecule has 124 valence electrons. The van der Waals surface area contributed by atoms with Crippen LogP contribution < -0.4 is 10.1 Å². The van der Waals surface area contributed by atoms with Crippen molar-refractivity contribution in [3.05, 3.63) is 47.5 Å². The summed E-state index contributed by atoms with van der Waals surface area (Å²) in [6.07, 6.45) is 0. The standard InChI is InChI=1S/C17H15ClN2O3S/c1-2-22-13-6-4-12(5-7-13)19-16(21)10-24-17-20-14-8-3-11(18)9-15(14)23-17/h3-9H,2,10H2,1H3,(H,19,21). The molecule has 0 radical (unpaired) electrons. The molecular weight excluding hydrogens is 348 g/mol. The second kappa shape index (κ2) is 7.59. The molecule has 0 aliphatic carbocycles. The number of carbonyl (C=O) groups excluding carboxylic acids is 1. The first-order chi connectivity index (χ1) is 11.6. The van der Waals surface area contributed by atoms with Crippen molar-refractivity contribution in [3.8, 4) is 5.75 Å². The molecule has 3 aromatic rings. The molecule has 0 aliphatic rings. The van der Waals surface area contributed by atoms with E-state index in [1.54, 1.807) is 30.3 Å². The summed E-state index contributed by atoms with van der Waals surface area (Å²) in [5, 5.41) is 3.84. The summed E-state index contributed by atoms with van der Waals surface area (Å²) in [7, 11) is 0. The lowest BCUT2D eigenvalue weighted by molar-refractivity contribution is -0.113. The highest BCUT2D eigenvalue weighted by atomic mass is 35.5. The van der Waals surface area contributed by atoms with Crippen LogP contribution in [0.5, 0.6) is 5.75 Å². The van der Waals surface area contributed by atoms with Crippen LogP contribution in [0.1, 0.15) is 6.92 Å². The normalized spacial score (nSPS) is 10.8. The maximum Gasteiger partial charge on any atom is 0.257 e. The highest BCUT2D eigenvalue weighted by molar-refractivity contribution is 7.99. The molecule has 3 rings (SSSR count). The number of hydrogen-bond donors (Lipinski definition) is 1. The first-order valence-corrected chi connectivity index (χ1v) is 8.72. The molecule has 1 heterocycles. The zero-order valence-corrected chi connectivity index (χ0v) is 14.5. The Hall–Kier alpha value is -2.18. The molecule has 2 aromatic carbocycles. The predicted octanol–water partition coefficient (Wildman–Crippen LogP) is 4.61. The number of benzene rings is 2. The summed E-state index contributed by atoms with van der Waals surface area (Å²) in [6.45, 7) is 2.53. The fourth-order valence-electron chi connectivity index (χ4n) is 2.06. The summed E-state index contributed by atoms with van der Waals surface area (Å²) in [6, 6.07) is 12.5. The number of amides is 1. The molecule has 0 spiro atoms. The topological polar surface area (TPSA) is 64.4 Å². The van der Waals surface area contributed by atoms with E-state index in [1.165, 1.54) is 11.8 Å². The number of carbonyl (C=O) groups is 1. The van der Waals surface area contributed by atoms with Crippen LogP contribution in [-0.2, 0) is 4.79 Å². The molecule has 0 aliphatic heterocycles. The van der Waals surface area contributed by atoms with Crippen molar-refractivity contribution in [1.82, 2.24) is 4.98 Å². The number of halogens is 1. The van der Waals surface area contributed by atoms with Gasteiger partial charge in [-0.2, -0.15) is 0 Å². The van der Waals surface area contributed by atoms with Crippen molar-refractivity contribution in [1.29, 1.82) is 0 Å². The molecule has 0 fully saturated rings. The number of aromatic nitrogens is 1. The van der Waals surface area contributed by atoms with E-state index in [0.29, 0.717) is 33.6 Å². The Kier molecular flexibility index (Phi) is 5.27. The van der Waals surface area contributed by atoms with Crippen LogP contribution >= 0.6 is 23.4 Å². The molecule has 24 heavy (non-hydrogen) atoms. The van der Waals surface area contributed by atoms with Gasteiger partial charge in [-0.3, -0.25) is 4.79 Å². The number of thioether (sulfide) groups is 1. The third-order valence-corrected chi connectivity index (χ3v) is 4.17. The van der Waals surface area contributed by atoms with E-state index >= 15 is 0 Å². The van der Waals surface area contributed by atoms with Crippen LogP contribution in [0.3, 0.4) is 0 Å². The lowest BCUT2D eigenvalue weighted by Crippen LogP contribution is -2.13. The van der Waals surface area contributed by atoms with E-state index in [9.17, 15) is 4.79 Å². The molecule has 1 N–H and O–H groups in total. The largest absolute Gasteiger partial charge is 0.494 e. The summed E-state index contributed by atoms with van der Waals surface area (Å²) in [5.41, 5.74) is 2.04. The molecular formula is C17H15ClN2O3S. The third-order valence-electron chi connectivity index (χ3n) is 3.11. The molecule has 0 atom stereocenters. The molecule has 0 bridgehead atoms. The number of ether oxygens (including phenoxy) is 1. The van der Waals surface area contributed by atoms with Gasteiger partial charge in [-0.15, -0.1) is 0 Å². The van der Waals surface area contributed by atoms with Gasteiger partial charge in [0.1, 0.15) is 11.3 Å². The molecule has 1 amide bonds. The maximum absolute atomic E-state index is 12.0. The molecule has 1 aromatic heterocycles. The van der Waals surface area contributed by atoms with Gasteiger partial charge in [0.25, 0.3) is 5.22 Å². The Bertz CT molecular complexity index is 849. The molecule has 0 saturated carbocycles. The first kappa shape index (κ1) is 16.7. The molecule has 0 unspecified atom stereocenters. The van der Waals surface area contributed by atoms with Crippen molar-refractivity contribution in [3.63, 3.8) is 0 Å². The second-order valence-corrected chi connectivity index (χ2v) is 6.25. The first-order valence-electron chi connectivity index (χ1n) is 7.35. The average molecular weight is 363 g/mol. The van der Waals surface area contributed by atoms with E-state index in [0.717, 1.165) is 5.75 Å². The lowest BCUT2D eigenvalue weighted by Gasteiger charge is -2.06. The van der Waals surface area contributed by atoms with Crippen LogP contribution in [0.15, 0.2) is 52.1 Å². The van der Waals surface area contributed by atoms with Gasteiger partial charge in [-0.1, -0.05) is 23.4 Å². The maximum atomic E-state index is 12.0. The van der Waals surface area contributed by atoms with Gasteiger partial charge in [0.05, 0.1) is 12.4 Å². The summed E-state index contributed by atoms with van der Waals surface area (Å²) in [5.74, 6) is 0.841. The number of fused-ring (bicyclic) bond motifs is 1. The van der Waals surface area contributed by atoms with Crippen LogP contribution in [0.25, 0.3) is 11.1 Å². The molecule has 5 nitrogen and oxygen atoms in total. The van der Waals surface area contributed by atoms with E-state index in [-0.39, 0.29) is 11.7 Å². The number of rotatable bonds is 6. The Morgan fingerprint density at radius 3 is 2.83 bits per heavy atom. The van der Waals surface area contributed by atoms with Crippen molar-refractivity contribution in [2.24, 2.45) is 0 Å². The van der Waals surface area contributed by atoms with Gasteiger partial charge in [0, 0.05) is 16.8 Å². The number of nitrogens with zero attached hydrogens (tertiary/aromatic N) is 1. The van der Waals surface area contributed by atoms with E-state index in [2.05, 4.69) is 10.3 Å². The minimum atomic E-state index is -0.135. The third kappa shape index (κ3) is 4.21. The van der Waals surface area contributed by atoms with Gasteiger partial charge in [0.2, 0.25) is 5.91 Å². The Balaban J connectivity index is 1.56. The van der Waals surface area contributed by atoms with Crippen LogP contribution in [-0.4, -0.2) is 23.3 Å². The lowest BCUT2D eigenvalue weighted by atomic mass is 10.3. The Morgan fingerprint density at radius 2 is 2.08 bits per heavy atom.